The molecule has 0 bridgehead atoms. The predicted molar refractivity (Wildman–Crippen MR) is 143 cm³/mol. The molecule has 218 valence electrons. The smallest absolute Gasteiger partial charge is 0.306 e. The van der Waals surface area contributed by atoms with Crippen molar-refractivity contribution in [2.75, 3.05) is 91.6 Å². The Morgan fingerprint density at radius 3 is 1.55 bits per heavy atom. The summed E-state index contributed by atoms with van der Waals surface area (Å²) in [5.41, 5.74) is 6.34. The number of carbonyl (C=O) groups is 2. The number of hydrogen-bond donors (Lipinski definition) is 2. The average molecular weight is 543 g/mol. The third-order valence-electron chi connectivity index (χ3n) is 4.65. The van der Waals surface area contributed by atoms with Gasteiger partial charge in [0.15, 0.2) is 0 Å². The van der Waals surface area contributed by atoms with Gasteiger partial charge in [0.25, 0.3) is 5.91 Å². The zero-order valence-corrected chi connectivity index (χ0v) is 23.2. The molecule has 0 aliphatic carbocycles. The molecular formula is C27H46N2O9. The lowest BCUT2D eigenvalue weighted by atomic mass is 10.2. The van der Waals surface area contributed by atoms with Crippen molar-refractivity contribution in [3.8, 4) is 0 Å². The number of nitrogens with one attached hydrogen (secondary N) is 1. The van der Waals surface area contributed by atoms with Crippen molar-refractivity contribution < 1.29 is 42.7 Å². The average Bonchev–Trinajstić information content (AvgIpc) is 2.86. The summed E-state index contributed by atoms with van der Waals surface area (Å²) in [6.07, 6.45) is 0.980. The number of benzene rings is 1. The quantitative estimate of drug-likeness (QED) is 0.120. The van der Waals surface area contributed by atoms with E-state index in [2.05, 4.69) is 5.32 Å². The van der Waals surface area contributed by atoms with Gasteiger partial charge in [0.05, 0.1) is 72.7 Å². The Kier molecular flexibility index (Phi) is 19.2. The lowest BCUT2D eigenvalue weighted by Gasteiger charge is -2.19. The van der Waals surface area contributed by atoms with Gasteiger partial charge in [0.2, 0.25) is 0 Å². The summed E-state index contributed by atoms with van der Waals surface area (Å²) in [6, 6.07) is 6.74. The van der Waals surface area contributed by atoms with Crippen LogP contribution in [0.2, 0.25) is 0 Å². The van der Waals surface area contributed by atoms with Crippen LogP contribution in [0.25, 0.3) is 0 Å². The van der Waals surface area contributed by atoms with Gasteiger partial charge in [-0.05, 0) is 51.5 Å². The highest BCUT2D eigenvalue weighted by atomic mass is 16.6. The summed E-state index contributed by atoms with van der Waals surface area (Å²) in [5.74, 6) is -0.365. The molecule has 11 heteroatoms. The first-order valence-corrected chi connectivity index (χ1v) is 13.1. The Morgan fingerprint density at radius 1 is 0.684 bits per heavy atom. The first kappa shape index (κ1) is 33.7. The molecule has 0 radical (unpaired) electrons. The van der Waals surface area contributed by atoms with E-state index in [1.807, 2.05) is 20.8 Å². The maximum Gasteiger partial charge on any atom is 0.306 e. The lowest BCUT2D eigenvalue weighted by molar-refractivity contribution is -0.155. The molecule has 0 atom stereocenters. The van der Waals surface area contributed by atoms with Gasteiger partial charge in [-0.2, -0.15) is 0 Å². The second kappa shape index (κ2) is 21.6. The molecule has 0 spiro atoms. The van der Waals surface area contributed by atoms with E-state index in [0.717, 1.165) is 0 Å². The van der Waals surface area contributed by atoms with Gasteiger partial charge in [-0.15, -0.1) is 0 Å². The molecule has 0 saturated heterocycles. The molecule has 0 fully saturated rings. The topological polar surface area (TPSA) is 137 Å². The van der Waals surface area contributed by atoms with Crippen LogP contribution in [-0.2, 0) is 38.0 Å². The summed E-state index contributed by atoms with van der Waals surface area (Å²) in [7, 11) is 0. The molecule has 1 rings (SSSR count). The fourth-order valence-corrected chi connectivity index (χ4v) is 2.89. The summed E-state index contributed by atoms with van der Waals surface area (Å²) >= 11 is 0. The van der Waals surface area contributed by atoms with Gasteiger partial charge in [-0.25, -0.2) is 0 Å². The van der Waals surface area contributed by atoms with Gasteiger partial charge in [-0.3, -0.25) is 9.59 Å². The third kappa shape index (κ3) is 20.7. The van der Waals surface area contributed by atoms with Gasteiger partial charge >= 0.3 is 5.97 Å². The maximum absolute atomic E-state index is 11.9. The summed E-state index contributed by atoms with van der Waals surface area (Å²) in [4.78, 5) is 23.5. The monoisotopic (exact) mass is 542 g/mol. The van der Waals surface area contributed by atoms with E-state index in [4.69, 9.17) is 38.9 Å². The second-order valence-corrected chi connectivity index (χ2v) is 9.24. The highest BCUT2D eigenvalue weighted by Crippen LogP contribution is 2.09. The number of rotatable bonds is 23. The van der Waals surface area contributed by atoms with Crippen LogP contribution in [0.4, 0.5) is 5.69 Å². The Labute approximate surface area is 226 Å². The van der Waals surface area contributed by atoms with E-state index >= 15 is 0 Å². The predicted octanol–water partition coefficient (Wildman–Crippen LogP) is 2.22. The van der Waals surface area contributed by atoms with E-state index < -0.39 is 5.60 Å². The maximum atomic E-state index is 11.9. The fraction of sp³-hybridized carbons (Fsp3) is 0.704. The van der Waals surface area contributed by atoms with Crippen LogP contribution in [0.15, 0.2) is 24.3 Å². The van der Waals surface area contributed by atoms with Crippen LogP contribution in [0.5, 0.6) is 0 Å². The first-order valence-electron chi connectivity index (χ1n) is 13.1. The van der Waals surface area contributed by atoms with Crippen molar-refractivity contribution in [1.82, 2.24) is 5.32 Å². The van der Waals surface area contributed by atoms with E-state index in [0.29, 0.717) is 110 Å². The number of anilines is 1. The Hall–Kier alpha value is -2.28. The number of carbonyl (C=O) groups excluding carboxylic acids is 2. The highest BCUT2D eigenvalue weighted by molar-refractivity contribution is 5.94. The number of ether oxygens (including phenoxy) is 7. The largest absolute Gasteiger partial charge is 0.460 e. The van der Waals surface area contributed by atoms with E-state index in [-0.39, 0.29) is 11.9 Å². The molecule has 3 N–H and O–H groups in total. The number of esters is 1. The van der Waals surface area contributed by atoms with Crippen molar-refractivity contribution >= 4 is 17.6 Å². The first-order chi connectivity index (χ1) is 18.3. The molecule has 1 aromatic carbocycles. The number of hydrogen-bond acceptors (Lipinski definition) is 10. The standard InChI is InChI=1S/C27H46N2O9/c1-27(2,3)38-25(30)5-4-11-32-13-15-34-17-19-36-21-22-37-20-18-35-16-14-33-12-10-29-26(31)23-6-8-24(28)9-7-23/h6-9H,4-5,10-22,28H2,1-3H3,(H,29,31). The molecule has 0 heterocycles. The van der Waals surface area contributed by atoms with Gasteiger partial charge in [-0.1, -0.05) is 0 Å². The fourth-order valence-electron chi connectivity index (χ4n) is 2.89. The van der Waals surface area contributed by atoms with Gasteiger partial charge in [0, 0.05) is 30.8 Å². The Morgan fingerprint density at radius 2 is 1.11 bits per heavy atom. The molecule has 11 nitrogen and oxygen atoms in total. The molecule has 1 amide bonds. The third-order valence-corrected chi connectivity index (χ3v) is 4.65. The molecule has 0 aliphatic rings. The van der Waals surface area contributed by atoms with Crippen LogP contribution >= 0.6 is 0 Å². The van der Waals surface area contributed by atoms with Crippen LogP contribution in [0, 0.1) is 0 Å². The van der Waals surface area contributed by atoms with Crippen molar-refractivity contribution in [3.05, 3.63) is 29.8 Å². The normalized spacial score (nSPS) is 11.4. The Bertz CT molecular complexity index is 739. The highest BCUT2D eigenvalue weighted by Gasteiger charge is 2.15. The minimum absolute atomic E-state index is 0.159. The van der Waals surface area contributed by atoms with Gasteiger partial charge < -0.3 is 44.2 Å². The van der Waals surface area contributed by atoms with Crippen LogP contribution in [0.1, 0.15) is 44.0 Å². The van der Waals surface area contributed by atoms with E-state index in [1.54, 1.807) is 24.3 Å². The molecule has 1 aromatic rings. The minimum Gasteiger partial charge on any atom is -0.460 e. The molecule has 0 aliphatic heterocycles. The zero-order valence-electron chi connectivity index (χ0n) is 23.2. The van der Waals surface area contributed by atoms with Crippen molar-refractivity contribution in [3.63, 3.8) is 0 Å². The number of amides is 1. The molecule has 0 aromatic heterocycles. The summed E-state index contributed by atoms with van der Waals surface area (Å²) < 4.78 is 37.8. The summed E-state index contributed by atoms with van der Waals surface area (Å²) in [5, 5.41) is 2.78. The van der Waals surface area contributed by atoms with Crippen LogP contribution in [0.3, 0.4) is 0 Å². The van der Waals surface area contributed by atoms with E-state index in [9.17, 15) is 9.59 Å². The van der Waals surface area contributed by atoms with Crippen molar-refractivity contribution in [1.29, 1.82) is 0 Å². The molecule has 0 saturated carbocycles. The molecule has 0 unspecified atom stereocenters. The Balaban J connectivity index is 1.73. The molecular weight excluding hydrogens is 496 g/mol. The van der Waals surface area contributed by atoms with E-state index in [1.165, 1.54) is 0 Å². The number of nitrogen functional groups attached to an aromatic ring is 1. The van der Waals surface area contributed by atoms with Gasteiger partial charge in [0.1, 0.15) is 5.60 Å². The number of nitrogens with two attached hydrogens (primary N) is 1. The van der Waals surface area contributed by atoms with Crippen molar-refractivity contribution in [2.45, 2.75) is 39.2 Å². The summed E-state index contributed by atoms with van der Waals surface area (Å²) in [6.45, 7) is 11.6. The zero-order chi connectivity index (χ0) is 27.9. The van der Waals surface area contributed by atoms with Crippen LogP contribution < -0.4 is 11.1 Å². The second-order valence-electron chi connectivity index (χ2n) is 9.24. The molecule has 38 heavy (non-hydrogen) atoms. The lowest BCUT2D eigenvalue weighted by Crippen LogP contribution is -2.27. The minimum atomic E-state index is -0.450. The van der Waals surface area contributed by atoms with Crippen LogP contribution in [-0.4, -0.2) is 103 Å². The SMILES string of the molecule is CC(C)(C)OC(=O)CCCOCCOCCOCCOCCOCCOCCNC(=O)c1ccc(N)cc1. The van der Waals surface area contributed by atoms with Crippen molar-refractivity contribution in [2.24, 2.45) is 0 Å².